The van der Waals surface area contributed by atoms with E-state index < -0.39 is 18.0 Å². The highest BCUT2D eigenvalue weighted by atomic mass is 19.3. The minimum Gasteiger partial charge on any atom is -0.508 e. The van der Waals surface area contributed by atoms with Crippen LogP contribution in [0.25, 0.3) is 0 Å². The predicted molar refractivity (Wildman–Crippen MR) is 64.2 cm³/mol. The van der Waals surface area contributed by atoms with Crippen molar-refractivity contribution < 1.29 is 18.7 Å². The Labute approximate surface area is 107 Å². The lowest BCUT2D eigenvalue weighted by Crippen LogP contribution is -2.13. The maximum atomic E-state index is 12.7. The topological polar surface area (TPSA) is 67.2 Å². The summed E-state index contributed by atoms with van der Waals surface area (Å²) in [6.07, 6.45) is -1.61. The summed E-state index contributed by atoms with van der Waals surface area (Å²) in [5, 5.41) is 15.2. The van der Waals surface area contributed by atoms with Crippen LogP contribution < -0.4 is 5.32 Å². The molecule has 1 heterocycles. The molecule has 0 unspecified atom stereocenters. The lowest BCUT2D eigenvalue weighted by Gasteiger charge is -2.05. The molecule has 0 atom stereocenters. The molecule has 19 heavy (non-hydrogen) atoms. The summed E-state index contributed by atoms with van der Waals surface area (Å²) >= 11 is 0. The number of carbonyl (C=O) groups excluding carboxylic acids is 1. The molecule has 100 valence electrons. The van der Waals surface area contributed by atoms with Crippen molar-refractivity contribution in [2.75, 3.05) is 5.32 Å². The Hall–Kier alpha value is -2.44. The van der Waals surface area contributed by atoms with Crippen LogP contribution in [0.4, 0.5) is 14.5 Å². The number of carbonyl (C=O) groups is 1. The van der Waals surface area contributed by atoms with Crippen LogP contribution in [0.15, 0.2) is 30.5 Å². The maximum absolute atomic E-state index is 12.7. The van der Waals surface area contributed by atoms with Crippen LogP contribution >= 0.6 is 0 Å². The van der Waals surface area contributed by atoms with Crippen LogP contribution in [0.5, 0.6) is 5.75 Å². The number of aryl methyl sites for hydroxylation is 1. The monoisotopic (exact) mass is 267 g/mol. The van der Waals surface area contributed by atoms with Gasteiger partial charge in [-0.2, -0.15) is 5.10 Å². The van der Waals surface area contributed by atoms with E-state index in [-0.39, 0.29) is 11.3 Å². The van der Waals surface area contributed by atoms with Crippen molar-refractivity contribution >= 4 is 11.6 Å². The molecule has 2 aromatic rings. The lowest BCUT2D eigenvalue weighted by atomic mass is 10.2. The summed E-state index contributed by atoms with van der Waals surface area (Å²) in [7, 11) is 1.46. The predicted octanol–water partition coefficient (Wildman–Crippen LogP) is 2.32. The average Bonchev–Trinajstić information content (AvgIpc) is 2.71. The third-order valence-electron chi connectivity index (χ3n) is 2.41. The van der Waals surface area contributed by atoms with Crippen molar-refractivity contribution in [3.63, 3.8) is 0 Å². The highest BCUT2D eigenvalue weighted by Crippen LogP contribution is 2.22. The first-order chi connectivity index (χ1) is 8.97. The molecule has 0 radical (unpaired) electrons. The fourth-order valence-electron chi connectivity index (χ4n) is 1.62. The van der Waals surface area contributed by atoms with Gasteiger partial charge in [0.2, 0.25) is 0 Å². The van der Waals surface area contributed by atoms with Gasteiger partial charge in [-0.15, -0.1) is 0 Å². The Morgan fingerprint density at radius 2 is 2.21 bits per heavy atom. The molecular formula is C12H11F2N3O2. The number of aromatic nitrogens is 2. The van der Waals surface area contributed by atoms with Crippen LogP contribution in [0.2, 0.25) is 0 Å². The van der Waals surface area contributed by atoms with Gasteiger partial charge < -0.3 is 10.4 Å². The number of anilines is 1. The molecule has 0 aliphatic rings. The van der Waals surface area contributed by atoms with Crippen molar-refractivity contribution in [1.29, 1.82) is 0 Å². The van der Waals surface area contributed by atoms with E-state index in [1.165, 1.54) is 37.5 Å². The average molecular weight is 267 g/mol. The first-order valence-corrected chi connectivity index (χ1v) is 5.39. The third-order valence-corrected chi connectivity index (χ3v) is 2.41. The number of halogens is 2. The molecule has 2 rings (SSSR count). The maximum Gasteiger partial charge on any atom is 0.282 e. The van der Waals surface area contributed by atoms with Gasteiger partial charge in [0.05, 0.1) is 5.56 Å². The quantitative estimate of drug-likeness (QED) is 0.896. The number of benzene rings is 1. The molecule has 1 aromatic carbocycles. The van der Waals surface area contributed by atoms with Crippen LogP contribution in [0, 0.1) is 0 Å². The number of aromatic hydroxyl groups is 1. The Kier molecular flexibility index (Phi) is 3.46. The zero-order valence-electron chi connectivity index (χ0n) is 9.97. The lowest BCUT2D eigenvalue weighted by molar-refractivity contribution is 0.101. The van der Waals surface area contributed by atoms with Gasteiger partial charge in [0.15, 0.2) is 0 Å². The van der Waals surface area contributed by atoms with Crippen molar-refractivity contribution in [1.82, 2.24) is 9.78 Å². The Morgan fingerprint density at radius 3 is 2.84 bits per heavy atom. The summed E-state index contributed by atoms with van der Waals surface area (Å²) in [6.45, 7) is 0. The molecule has 0 bridgehead atoms. The molecule has 0 aliphatic carbocycles. The molecule has 5 nitrogen and oxygen atoms in total. The Bertz CT molecular complexity index is 611. The molecule has 7 heteroatoms. The summed E-state index contributed by atoms with van der Waals surface area (Å²) in [5.74, 6) is -0.730. The second-order valence-corrected chi connectivity index (χ2v) is 3.91. The van der Waals surface area contributed by atoms with Crippen LogP contribution in [0.3, 0.4) is 0 Å². The summed E-state index contributed by atoms with van der Waals surface area (Å²) < 4.78 is 26.6. The van der Waals surface area contributed by atoms with Gasteiger partial charge in [0, 0.05) is 25.0 Å². The molecule has 1 aromatic heterocycles. The molecule has 0 saturated carbocycles. The van der Waals surface area contributed by atoms with Gasteiger partial charge in [-0.25, -0.2) is 8.78 Å². The van der Waals surface area contributed by atoms with Gasteiger partial charge in [-0.05, 0) is 12.1 Å². The highest BCUT2D eigenvalue weighted by molar-refractivity contribution is 6.05. The number of hydrogen-bond donors (Lipinski definition) is 2. The van der Waals surface area contributed by atoms with Gasteiger partial charge in [0.1, 0.15) is 11.4 Å². The minimum absolute atomic E-state index is 0.0296. The van der Waals surface area contributed by atoms with Crippen molar-refractivity contribution in [3.8, 4) is 5.75 Å². The van der Waals surface area contributed by atoms with Crippen molar-refractivity contribution in [3.05, 3.63) is 41.7 Å². The number of amides is 1. The summed E-state index contributed by atoms with van der Waals surface area (Å²) in [6, 6.07) is 5.82. The van der Waals surface area contributed by atoms with E-state index in [9.17, 15) is 18.7 Å². The van der Waals surface area contributed by atoms with Gasteiger partial charge in [0.25, 0.3) is 12.3 Å². The van der Waals surface area contributed by atoms with Crippen molar-refractivity contribution in [2.45, 2.75) is 6.43 Å². The van der Waals surface area contributed by atoms with E-state index >= 15 is 0 Å². The molecule has 0 fully saturated rings. The minimum atomic E-state index is -2.83. The summed E-state index contributed by atoms with van der Waals surface area (Å²) in [4.78, 5) is 11.9. The van der Waals surface area contributed by atoms with E-state index in [1.807, 2.05) is 0 Å². The van der Waals surface area contributed by atoms with E-state index in [1.54, 1.807) is 0 Å². The van der Waals surface area contributed by atoms with Gasteiger partial charge >= 0.3 is 0 Å². The standard InChI is InChI=1S/C12H11F2N3O2/c1-17-6-9(10(16-17)11(13)14)12(19)15-7-3-2-4-8(18)5-7/h2-6,11,18H,1H3,(H,15,19). The number of phenols is 1. The largest absolute Gasteiger partial charge is 0.508 e. The Morgan fingerprint density at radius 1 is 1.47 bits per heavy atom. The van der Waals surface area contributed by atoms with E-state index in [0.717, 1.165) is 4.68 Å². The van der Waals surface area contributed by atoms with Crippen LogP contribution in [-0.4, -0.2) is 20.8 Å². The first kappa shape index (κ1) is 13.0. The highest BCUT2D eigenvalue weighted by Gasteiger charge is 2.22. The van der Waals surface area contributed by atoms with E-state index in [2.05, 4.69) is 10.4 Å². The summed E-state index contributed by atoms with van der Waals surface area (Å²) in [5.41, 5.74) is -0.449. The Balaban J connectivity index is 2.25. The molecule has 0 spiro atoms. The van der Waals surface area contributed by atoms with E-state index in [4.69, 9.17) is 0 Å². The smallest absolute Gasteiger partial charge is 0.282 e. The fourth-order valence-corrected chi connectivity index (χ4v) is 1.62. The number of nitrogens with zero attached hydrogens (tertiary/aromatic N) is 2. The third kappa shape index (κ3) is 2.87. The van der Waals surface area contributed by atoms with Crippen molar-refractivity contribution in [2.24, 2.45) is 7.05 Å². The number of hydrogen-bond acceptors (Lipinski definition) is 3. The molecular weight excluding hydrogens is 256 g/mol. The van der Waals surface area contributed by atoms with E-state index in [0.29, 0.717) is 5.69 Å². The van der Waals surface area contributed by atoms with Gasteiger partial charge in [-0.1, -0.05) is 6.07 Å². The molecule has 1 amide bonds. The number of phenolic OH excluding ortho intramolecular Hbond substituents is 1. The normalized spacial score (nSPS) is 10.7. The van der Waals surface area contributed by atoms with Gasteiger partial charge in [-0.3, -0.25) is 9.48 Å². The number of rotatable bonds is 3. The second kappa shape index (κ2) is 5.05. The van der Waals surface area contributed by atoms with Crippen LogP contribution in [-0.2, 0) is 7.05 Å². The second-order valence-electron chi connectivity index (χ2n) is 3.91. The SMILES string of the molecule is Cn1cc(C(=O)Nc2cccc(O)c2)c(C(F)F)n1. The fraction of sp³-hybridized carbons (Fsp3) is 0.167. The van der Waals surface area contributed by atoms with Crippen LogP contribution in [0.1, 0.15) is 22.5 Å². The zero-order valence-corrected chi connectivity index (χ0v) is 9.97. The number of nitrogens with one attached hydrogen (secondary N) is 1. The molecule has 2 N–H and O–H groups in total. The number of alkyl halides is 2. The zero-order chi connectivity index (χ0) is 14.0. The first-order valence-electron chi connectivity index (χ1n) is 5.39. The molecule has 0 saturated heterocycles. The molecule has 0 aliphatic heterocycles.